The fourth-order valence-corrected chi connectivity index (χ4v) is 3.21. The Kier molecular flexibility index (Phi) is 4.44. The molecule has 3 rings (SSSR count). The number of hydrogen-bond acceptors (Lipinski definition) is 2. The number of aryl methyl sites for hydroxylation is 2. The Hall–Kier alpha value is -1.81. The summed E-state index contributed by atoms with van der Waals surface area (Å²) in [6.45, 7) is 6.89. The van der Waals surface area contributed by atoms with Gasteiger partial charge in [0.05, 0.1) is 11.7 Å². The molecule has 0 saturated heterocycles. The first-order valence-corrected chi connectivity index (χ1v) is 8.47. The maximum Gasteiger partial charge on any atom is 0.224 e. The van der Waals surface area contributed by atoms with Crippen LogP contribution in [0.5, 0.6) is 0 Å². The molecule has 0 aliphatic heterocycles. The SMILES string of the molecule is CCn1cc(C(C)NC(=O)C2CC2c2ccc(Cl)cc2)c(C)n1. The highest BCUT2D eigenvalue weighted by Gasteiger charge is 2.44. The van der Waals surface area contributed by atoms with Crippen LogP contribution in [0.3, 0.4) is 0 Å². The monoisotopic (exact) mass is 331 g/mol. The Labute approximate surface area is 141 Å². The van der Waals surface area contributed by atoms with E-state index in [1.807, 2.05) is 49.0 Å². The van der Waals surface area contributed by atoms with Gasteiger partial charge in [0, 0.05) is 29.2 Å². The fraction of sp³-hybridized carbons (Fsp3) is 0.444. The molecule has 122 valence electrons. The van der Waals surface area contributed by atoms with Crippen LogP contribution in [0.15, 0.2) is 30.5 Å². The number of benzene rings is 1. The van der Waals surface area contributed by atoms with E-state index in [-0.39, 0.29) is 17.9 Å². The first-order valence-electron chi connectivity index (χ1n) is 8.09. The quantitative estimate of drug-likeness (QED) is 0.904. The van der Waals surface area contributed by atoms with Gasteiger partial charge in [-0.25, -0.2) is 0 Å². The lowest BCUT2D eigenvalue weighted by Gasteiger charge is -2.13. The summed E-state index contributed by atoms with van der Waals surface area (Å²) in [6.07, 6.45) is 2.93. The average molecular weight is 332 g/mol. The Bertz CT molecular complexity index is 708. The van der Waals surface area contributed by atoms with Crippen LogP contribution in [0.2, 0.25) is 5.02 Å². The summed E-state index contributed by atoms with van der Waals surface area (Å²) in [6, 6.07) is 7.78. The van der Waals surface area contributed by atoms with Gasteiger partial charge in [-0.1, -0.05) is 23.7 Å². The molecule has 0 radical (unpaired) electrons. The molecule has 2 aromatic rings. The lowest BCUT2D eigenvalue weighted by molar-refractivity contribution is -0.123. The maximum atomic E-state index is 12.5. The van der Waals surface area contributed by atoms with Crippen molar-refractivity contribution in [2.45, 2.75) is 45.7 Å². The van der Waals surface area contributed by atoms with Gasteiger partial charge in [0.2, 0.25) is 5.91 Å². The number of amides is 1. The van der Waals surface area contributed by atoms with Crippen molar-refractivity contribution < 1.29 is 4.79 Å². The summed E-state index contributed by atoms with van der Waals surface area (Å²) in [5.41, 5.74) is 3.26. The minimum atomic E-state index is -0.0192. The summed E-state index contributed by atoms with van der Waals surface area (Å²) in [7, 11) is 0. The molecular formula is C18H22ClN3O. The van der Waals surface area contributed by atoms with E-state index in [2.05, 4.69) is 17.3 Å². The predicted molar refractivity (Wildman–Crippen MR) is 91.5 cm³/mol. The number of hydrogen-bond donors (Lipinski definition) is 1. The molecule has 0 bridgehead atoms. The maximum absolute atomic E-state index is 12.5. The zero-order valence-electron chi connectivity index (χ0n) is 13.7. The topological polar surface area (TPSA) is 46.9 Å². The molecule has 1 aliphatic carbocycles. The van der Waals surface area contributed by atoms with E-state index < -0.39 is 0 Å². The normalized spacial score (nSPS) is 21.0. The molecule has 23 heavy (non-hydrogen) atoms. The minimum absolute atomic E-state index is 0.0192. The van der Waals surface area contributed by atoms with Crippen LogP contribution in [-0.4, -0.2) is 15.7 Å². The van der Waals surface area contributed by atoms with Gasteiger partial charge in [-0.3, -0.25) is 9.48 Å². The third kappa shape index (κ3) is 3.42. The molecule has 3 unspecified atom stereocenters. The lowest BCUT2D eigenvalue weighted by atomic mass is 10.1. The minimum Gasteiger partial charge on any atom is -0.349 e. The van der Waals surface area contributed by atoms with Crippen molar-refractivity contribution in [1.82, 2.24) is 15.1 Å². The lowest BCUT2D eigenvalue weighted by Crippen LogP contribution is -2.28. The molecule has 1 aromatic heterocycles. The summed E-state index contributed by atoms with van der Waals surface area (Å²) in [5.74, 6) is 0.514. The van der Waals surface area contributed by atoms with Crippen molar-refractivity contribution in [3.8, 4) is 0 Å². The van der Waals surface area contributed by atoms with Gasteiger partial charge in [0.1, 0.15) is 0 Å². The largest absolute Gasteiger partial charge is 0.349 e. The molecule has 1 fully saturated rings. The van der Waals surface area contributed by atoms with E-state index in [0.29, 0.717) is 5.92 Å². The standard InChI is InChI=1S/C18H22ClN3O/c1-4-22-10-17(12(3)21-22)11(2)20-18(23)16-9-15(16)13-5-7-14(19)8-6-13/h5-8,10-11,15-16H,4,9H2,1-3H3,(H,20,23). The van der Waals surface area contributed by atoms with Gasteiger partial charge in [0.25, 0.3) is 0 Å². The Morgan fingerprint density at radius 1 is 1.43 bits per heavy atom. The Morgan fingerprint density at radius 2 is 2.13 bits per heavy atom. The molecule has 5 heteroatoms. The predicted octanol–water partition coefficient (Wildman–Crippen LogP) is 3.85. The van der Waals surface area contributed by atoms with E-state index >= 15 is 0 Å². The first kappa shape index (κ1) is 16.1. The van der Waals surface area contributed by atoms with Crippen LogP contribution in [0.4, 0.5) is 0 Å². The number of nitrogens with zero attached hydrogens (tertiary/aromatic N) is 2. The molecule has 1 heterocycles. The van der Waals surface area contributed by atoms with Crippen LogP contribution < -0.4 is 5.32 Å². The van der Waals surface area contributed by atoms with Gasteiger partial charge in [-0.15, -0.1) is 0 Å². The van der Waals surface area contributed by atoms with E-state index in [1.165, 1.54) is 5.56 Å². The number of carbonyl (C=O) groups excluding carboxylic acids is 1. The number of carbonyl (C=O) groups is 1. The molecule has 0 spiro atoms. The van der Waals surface area contributed by atoms with E-state index in [4.69, 9.17) is 11.6 Å². The van der Waals surface area contributed by atoms with Crippen molar-refractivity contribution in [2.24, 2.45) is 5.92 Å². The zero-order chi connectivity index (χ0) is 16.6. The van der Waals surface area contributed by atoms with E-state index in [0.717, 1.165) is 29.2 Å². The van der Waals surface area contributed by atoms with E-state index in [9.17, 15) is 4.79 Å². The number of aromatic nitrogens is 2. The van der Waals surface area contributed by atoms with Crippen LogP contribution in [-0.2, 0) is 11.3 Å². The molecule has 1 aliphatic rings. The van der Waals surface area contributed by atoms with Gasteiger partial charge in [0.15, 0.2) is 0 Å². The number of halogens is 1. The average Bonchev–Trinajstić information content (AvgIpc) is 3.24. The van der Waals surface area contributed by atoms with Crippen LogP contribution >= 0.6 is 11.6 Å². The summed E-state index contributed by atoms with van der Waals surface area (Å²) in [4.78, 5) is 12.5. The molecule has 1 saturated carbocycles. The molecule has 1 N–H and O–H groups in total. The summed E-state index contributed by atoms with van der Waals surface area (Å²) < 4.78 is 1.90. The van der Waals surface area contributed by atoms with Gasteiger partial charge < -0.3 is 5.32 Å². The summed E-state index contributed by atoms with van der Waals surface area (Å²) >= 11 is 5.91. The number of nitrogens with one attached hydrogen (secondary N) is 1. The Morgan fingerprint density at radius 3 is 2.74 bits per heavy atom. The summed E-state index contributed by atoms with van der Waals surface area (Å²) in [5, 5.41) is 8.30. The fourth-order valence-electron chi connectivity index (χ4n) is 3.08. The number of rotatable bonds is 5. The van der Waals surface area contributed by atoms with E-state index in [1.54, 1.807) is 0 Å². The van der Waals surface area contributed by atoms with Crippen molar-refractivity contribution in [2.75, 3.05) is 0 Å². The molecular weight excluding hydrogens is 310 g/mol. The van der Waals surface area contributed by atoms with Crippen molar-refractivity contribution >= 4 is 17.5 Å². The second-order valence-corrected chi connectivity index (χ2v) is 6.69. The second-order valence-electron chi connectivity index (χ2n) is 6.26. The third-order valence-corrected chi connectivity index (χ3v) is 4.81. The van der Waals surface area contributed by atoms with Crippen molar-refractivity contribution in [1.29, 1.82) is 0 Å². The highest BCUT2D eigenvalue weighted by atomic mass is 35.5. The van der Waals surface area contributed by atoms with Crippen molar-refractivity contribution in [3.63, 3.8) is 0 Å². The molecule has 1 aromatic carbocycles. The Balaban J connectivity index is 1.61. The third-order valence-electron chi connectivity index (χ3n) is 4.56. The van der Waals surface area contributed by atoms with Crippen LogP contribution in [0.25, 0.3) is 0 Å². The molecule has 4 nitrogen and oxygen atoms in total. The molecule has 1 amide bonds. The van der Waals surface area contributed by atoms with Gasteiger partial charge >= 0.3 is 0 Å². The van der Waals surface area contributed by atoms with Crippen LogP contribution in [0.1, 0.15) is 49.0 Å². The second kappa shape index (κ2) is 6.36. The smallest absolute Gasteiger partial charge is 0.224 e. The van der Waals surface area contributed by atoms with Crippen LogP contribution in [0, 0.1) is 12.8 Å². The highest BCUT2D eigenvalue weighted by Crippen LogP contribution is 2.47. The highest BCUT2D eigenvalue weighted by molar-refractivity contribution is 6.30. The molecule has 3 atom stereocenters. The van der Waals surface area contributed by atoms with Gasteiger partial charge in [-0.2, -0.15) is 5.10 Å². The zero-order valence-corrected chi connectivity index (χ0v) is 14.5. The van der Waals surface area contributed by atoms with Gasteiger partial charge in [-0.05, 0) is 50.8 Å². The first-order chi connectivity index (χ1) is 11.0. The van der Waals surface area contributed by atoms with Crippen molar-refractivity contribution in [3.05, 3.63) is 52.3 Å².